The van der Waals surface area contributed by atoms with Gasteiger partial charge in [-0.25, -0.2) is 9.37 Å². The summed E-state index contributed by atoms with van der Waals surface area (Å²) in [5.41, 5.74) is 2.98. The average molecular weight is 479 g/mol. The number of nitrogens with zero attached hydrogens (tertiary/aromatic N) is 2. The van der Waals surface area contributed by atoms with Crippen LogP contribution in [0.3, 0.4) is 0 Å². The number of fused-ring (bicyclic) bond motifs is 1. The Balaban J connectivity index is 1.44. The highest BCUT2D eigenvalue weighted by atomic mass is 32.2. The molecule has 174 valence electrons. The molecule has 0 saturated carbocycles. The number of aromatic nitrogens is 2. The van der Waals surface area contributed by atoms with E-state index in [9.17, 15) is 14.0 Å². The van der Waals surface area contributed by atoms with Crippen molar-refractivity contribution >= 4 is 46.0 Å². The number of anilines is 2. The Hall–Kier alpha value is -3.69. The van der Waals surface area contributed by atoms with Crippen LogP contribution in [0, 0.1) is 5.82 Å². The molecule has 0 radical (unpaired) electrons. The van der Waals surface area contributed by atoms with Gasteiger partial charge < -0.3 is 19.9 Å². The van der Waals surface area contributed by atoms with Crippen molar-refractivity contribution in [1.82, 2.24) is 9.55 Å². The molecule has 1 heterocycles. The molecule has 0 unspecified atom stereocenters. The van der Waals surface area contributed by atoms with Crippen LogP contribution < -0.4 is 10.6 Å². The second kappa shape index (κ2) is 11.0. The molecule has 2 amide bonds. The van der Waals surface area contributed by atoms with E-state index >= 15 is 0 Å². The summed E-state index contributed by atoms with van der Waals surface area (Å²) in [5, 5.41) is 6.24. The zero-order valence-electron chi connectivity index (χ0n) is 18.5. The van der Waals surface area contributed by atoms with Gasteiger partial charge in [0.15, 0.2) is 5.16 Å². The first-order chi connectivity index (χ1) is 16.5. The maximum absolute atomic E-state index is 13.1. The third-order valence-corrected chi connectivity index (χ3v) is 6.00. The van der Waals surface area contributed by atoms with Gasteiger partial charge in [-0.15, -0.1) is 0 Å². The van der Waals surface area contributed by atoms with Gasteiger partial charge in [0.05, 0.1) is 34.6 Å². The fourth-order valence-corrected chi connectivity index (χ4v) is 4.24. The topological polar surface area (TPSA) is 85.2 Å². The van der Waals surface area contributed by atoms with E-state index < -0.39 is 5.91 Å². The van der Waals surface area contributed by atoms with E-state index in [1.165, 1.54) is 36.0 Å². The number of amides is 2. The highest BCUT2D eigenvalue weighted by Gasteiger charge is 2.16. The second-order valence-electron chi connectivity index (χ2n) is 7.37. The molecule has 7 nitrogen and oxygen atoms in total. The Morgan fingerprint density at radius 1 is 1.00 bits per heavy atom. The van der Waals surface area contributed by atoms with Crippen LogP contribution in [0.25, 0.3) is 11.0 Å². The van der Waals surface area contributed by atoms with Gasteiger partial charge >= 0.3 is 0 Å². The first-order valence-corrected chi connectivity index (χ1v) is 11.6. The Morgan fingerprint density at radius 3 is 2.53 bits per heavy atom. The summed E-state index contributed by atoms with van der Waals surface area (Å²) in [6, 6.07) is 20.0. The van der Waals surface area contributed by atoms with Crippen LogP contribution >= 0.6 is 11.8 Å². The van der Waals surface area contributed by atoms with Crippen LogP contribution in [0.4, 0.5) is 15.8 Å². The number of hydrogen-bond acceptors (Lipinski definition) is 5. The number of ether oxygens (including phenoxy) is 1. The van der Waals surface area contributed by atoms with Crippen LogP contribution in [-0.4, -0.2) is 40.8 Å². The molecule has 0 fully saturated rings. The van der Waals surface area contributed by atoms with Crippen molar-refractivity contribution < 1.29 is 18.7 Å². The summed E-state index contributed by atoms with van der Waals surface area (Å²) < 4.78 is 20.4. The molecule has 34 heavy (non-hydrogen) atoms. The van der Waals surface area contributed by atoms with Crippen molar-refractivity contribution in [1.29, 1.82) is 0 Å². The van der Waals surface area contributed by atoms with Gasteiger partial charge in [-0.1, -0.05) is 36.0 Å². The largest absolute Gasteiger partial charge is 0.383 e. The van der Waals surface area contributed by atoms with E-state index in [0.29, 0.717) is 30.1 Å². The molecule has 9 heteroatoms. The van der Waals surface area contributed by atoms with Crippen molar-refractivity contribution in [3.8, 4) is 0 Å². The number of thioether (sulfide) groups is 1. The maximum atomic E-state index is 13.1. The quantitative estimate of drug-likeness (QED) is 0.338. The minimum absolute atomic E-state index is 0.115. The normalized spacial score (nSPS) is 10.9. The van der Waals surface area contributed by atoms with E-state index in [1.54, 1.807) is 31.4 Å². The average Bonchev–Trinajstić information content (AvgIpc) is 3.20. The number of imidazole rings is 1. The third kappa shape index (κ3) is 5.62. The number of halogens is 1. The van der Waals surface area contributed by atoms with Crippen LogP contribution in [0.1, 0.15) is 10.4 Å². The van der Waals surface area contributed by atoms with Gasteiger partial charge in [0.2, 0.25) is 5.91 Å². The summed E-state index contributed by atoms with van der Waals surface area (Å²) in [6.07, 6.45) is 0. The molecule has 4 rings (SSSR count). The molecule has 0 aliphatic heterocycles. The monoisotopic (exact) mass is 478 g/mol. The molecule has 0 spiro atoms. The molecule has 4 aromatic rings. The Bertz CT molecular complexity index is 1310. The highest BCUT2D eigenvalue weighted by Crippen LogP contribution is 2.25. The molecule has 0 saturated heterocycles. The number of nitrogens with one attached hydrogen (secondary N) is 2. The number of methoxy groups -OCH3 is 1. The number of para-hydroxylation sites is 3. The molecule has 1 aromatic heterocycles. The van der Waals surface area contributed by atoms with Gasteiger partial charge in [-0.3, -0.25) is 9.59 Å². The Labute approximate surface area is 200 Å². The van der Waals surface area contributed by atoms with Crippen molar-refractivity contribution in [2.75, 3.05) is 30.1 Å². The molecule has 3 aromatic carbocycles. The van der Waals surface area contributed by atoms with E-state index in [2.05, 4.69) is 15.6 Å². The zero-order valence-corrected chi connectivity index (χ0v) is 19.3. The van der Waals surface area contributed by atoms with E-state index in [-0.39, 0.29) is 17.5 Å². The van der Waals surface area contributed by atoms with Crippen LogP contribution in [0.5, 0.6) is 0 Å². The van der Waals surface area contributed by atoms with E-state index in [4.69, 9.17) is 4.74 Å². The molecule has 0 atom stereocenters. The van der Waals surface area contributed by atoms with Crippen LogP contribution in [0.15, 0.2) is 78.0 Å². The van der Waals surface area contributed by atoms with Gasteiger partial charge in [0.1, 0.15) is 5.82 Å². The summed E-state index contributed by atoms with van der Waals surface area (Å²) >= 11 is 1.32. The van der Waals surface area contributed by atoms with E-state index in [1.807, 2.05) is 28.8 Å². The van der Waals surface area contributed by atoms with Crippen molar-refractivity contribution in [2.45, 2.75) is 11.7 Å². The fraction of sp³-hybridized carbons (Fsp3) is 0.160. The number of carbonyl (C=O) groups excluding carboxylic acids is 2. The molecule has 0 bridgehead atoms. The number of rotatable bonds is 9. The number of benzene rings is 3. The molecule has 0 aliphatic carbocycles. The lowest BCUT2D eigenvalue weighted by Crippen LogP contribution is -2.19. The Kier molecular flexibility index (Phi) is 7.56. The lowest BCUT2D eigenvalue weighted by atomic mass is 10.1. The maximum Gasteiger partial charge on any atom is 0.257 e. The molecular formula is C25H23FN4O3S. The predicted molar refractivity (Wildman–Crippen MR) is 132 cm³/mol. The van der Waals surface area contributed by atoms with Gasteiger partial charge in [0, 0.05) is 19.3 Å². The molecular weight excluding hydrogens is 455 g/mol. The first-order valence-electron chi connectivity index (χ1n) is 10.6. The van der Waals surface area contributed by atoms with E-state index in [0.717, 1.165) is 16.2 Å². The lowest BCUT2D eigenvalue weighted by molar-refractivity contribution is -0.113. The predicted octanol–water partition coefficient (Wildman–Crippen LogP) is 4.80. The minimum Gasteiger partial charge on any atom is -0.383 e. The van der Waals surface area contributed by atoms with Crippen molar-refractivity contribution in [2.24, 2.45) is 0 Å². The van der Waals surface area contributed by atoms with Gasteiger partial charge in [0.25, 0.3) is 5.91 Å². The fourth-order valence-electron chi connectivity index (χ4n) is 3.40. The summed E-state index contributed by atoms with van der Waals surface area (Å²) in [5.74, 6) is -0.947. The standard InChI is InChI=1S/C25H23FN4O3S/c1-33-15-14-30-22-9-5-4-8-21(22)29-25(30)34-16-23(31)28-20-7-3-2-6-19(20)24(32)27-18-12-10-17(26)11-13-18/h2-13H,14-16H2,1H3,(H,27,32)(H,28,31). The van der Waals surface area contributed by atoms with Crippen LogP contribution in [-0.2, 0) is 16.1 Å². The summed E-state index contributed by atoms with van der Waals surface area (Å²) in [6.45, 7) is 1.14. The minimum atomic E-state index is -0.406. The second-order valence-corrected chi connectivity index (χ2v) is 8.31. The van der Waals surface area contributed by atoms with Crippen LogP contribution in [0.2, 0.25) is 0 Å². The highest BCUT2D eigenvalue weighted by molar-refractivity contribution is 7.99. The smallest absolute Gasteiger partial charge is 0.257 e. The first kappa shape index (κ1) is 23.5. The molecule has 0 aliphatic rings. The number of hydrogen-bond donors (Lipinski definition) is 2. The zero-order chi connectivity index (χ0) is 23.9. The molecule has 2 N–H and O–H groups in total. The summed E-state index contributed by atoms with van der Waals surface area (Å²) in [7, 11) is 1.64. The summed E-state index contributed by atoms with van der Waals surface area (Å²) in [4.78, 5) is 30.1. The van der Waals surface area contributed by atoms with Gasteiger partial charge in [-0.2, -0.15) is 0 Å². The lowest BCUT2D eigenvalue weighted by Gasteiger charge is -2.12. The van der Waals surface area contributed by atoms with Gasteiger partial charge in [-0.05, 0) is 48.5 Å². The SMILES string of the molecule is COCCn1c(SCC(=O)Nc2ccccc2C(=O)Nc2ccc(F)cc2)nc2ccccc21. The Morgan fingerprint density at radius 2 is 1.74 bits per heavy atom. The number of carbonyl (C=O) groups is 2. The van der Waals surface area contributed by atoms with Crippen molar-refractivity contribution in [3.05, 3.63) is 84.2 Å². The van der Waals surface area contributed by atoms with Crippen molar-refractivity contribution in [3.63, 3.8) is 0 Å². The third-order valence-electron chi connectivity index (χ3n) is 5.02.